The minimum absolute atomic E-state index is 0.225. The largest absolute Gasteiger partial charge is 0.378 e. The van der Waals surface area contributed by atoms with Crippen LogP contribution in [-0.2, 0) is 11.3 Å². The van der Waals surface area contributed by atoms with E-state index >= 15 is 0 Å². The van der Waals surface area contributed by atoms with Gasteiger partial charge in [-0.05, 0) is 90.0 Å². The van der Waals surface area contributed by atoms with Crippen LogP contribution >= 0.6 is 34.4 Å². The van der Waals surface area contributed by atoms with E-state index in [9.17, 15) is 4.79 Å². The van der Waals surface area contributed by atoms with E-state index in [1.807, 2.05) is 54.0 Å². The van der Waals surface area contributed by atoms with Gasteiger partial charge < -0.3 is 5.32 Å². The summed E-state index contributed by atoms with van der Waals surface area (Å²) in [4.78, 5) is 16.6. The number of carbonyl (C=O) groups is 1. The van der Waals surface area contributed by atoms with Crippen LogP contribution in [0, 0.1) is 10.5 Å². The Hall–Kier alpha value is -3.25. The highest BCUT2D eigenvalue weighted by molar-refractivity contribution is 14.1. The second kappa shape index (κ2) is 11.9. The predicted molar refractivity (Wildman–Crippen MR) is 148 cm³/mol. The summed E-state index contributed by atoms with van der Waals surface area (Å²) in [5.41, 5.74) is 6.58. The van der Waals surface area contributed by atoms with Gasteiger partial charge in [0.15, 0.2) is 11.0 Å². The number of aryl methyl sites for hydroxylation is 1. The summed E-state index contributed by atoms with van der Waals surface area (Å²) in [5, 5.41) is 16.5. The maximum absolute atomic E-state index is 12.6. The molecule has 0 fully saturated rings. The summed E-state index contributed by atoms with van der Waals surface area (Å²) < 4.78 is 3.16. The highest BCUT2D eigenvalue weighted by atomic mass is 127. The molecule has 4 rings (SSSR count). The molecule has 8 nitrogen and oxygen atoms in total. The lowest BCUT2D eigenvalue weighted by atomic mass is 10.2. The molecule has 1 unspecified atom stereocenters. The van der Waals surface area contributed by atoms with Crippen LogP contribution in [0.4, 0.5) is 5.69 Å². The van der Waals surface area contributed by atoms with Crippen molar-refractivity contribution >= 4 is 52.2 Å². The summed E-state index contributed by atoms with van der Waals surface area (Å²) >= 11 is 3.64. The number of benzene rings is 2. The van der Waals surface area contributed by atoms with Crippen molar-refractivity contribution in [3.8, 4) is 5.69 Å². The van der Waals surface area contributed by atoms with Gasteiger partial charge in [-0.15, -0.1) is 10.2 Å². The lowest BCUT2D eigenvalue weighted by Gasteiger charge is -2.14. The number of hydrogen-bond acceptors (Lipinski definition) is 7. The van der Waals surface area contributed by atoms with Gasteiger partial charge in [-0.25, -0.2) is 5.43 Å². The highest BCUT2D eigenvalue weighted by Crippen LogP contribution is 2.26. The number of nitrogens with one attached hydrogen (secondary N) is 2. The molecule has 0 spiro atoms. The lowest BCUT2D eigenvalue weighted by molar-refractivity contribution is -0.120. The van der Waals surface area contributed by atoms with Crippen LogP contribution in [-0.4, -0.2) is 37.1 Å². The molecule has 0 bridgehead atoms. The van der Waals surface area contributed by atoms with Crippen molar-refractivity contribution in [1.82, 2.24) is 25.2 Å². The SMILES string of the molecule is Cc1cc(I)ccc1NCc1nnc(SC(C)C(=O)NN=Cc2ccncc2)n1-c1ccccc1. The van der Waals surface area contributed by atoms with E-state index in [0.29, 0.717) is 11.7 Å². The van der Waals surface area contributed by atoms with Crippen molar-refractivity contribution in [2.24, 2.45) is 5.10 Å². The van der Waals surface area contributed by atoms with Crippen molar-refractivity contribution in [2.45, 2.75) is 30.8 Å². The molecule has 0 saturated heterocycles. The molecule has 2 heterocycles. The smallest absolute Gasteiger partial charge is 0.253 e. The Kier molecular flexibility index (Phi) is 8.48. The molecule has 2 aromatic carbocycles. The van der Waals surface area contributed by atoms with Crippen molar-refractivity contribution in [3.05, 3.63) is 93.6 Å². The average molecular weight is 597 g/mol. The number of pyridine rings is 1. The standard InChI is InChI=1S/C25H24IN7OS/c1-17-14-20(26)8-9-22(17)28-16-23-30-32-25(33(23)21-6-4-3-5-7-21)35-18(2)24(34)31-29-15-19-10-12-27-13-11-19/h3-15,18,28H,16H2,1-2H3,(H,31,34). The minimum Gasteiger partial charge on any atom is -0.378 e. The number of hydrazone groups is 1. The molecule has 0 aliphatic carbocycles. The molecule has 1 amide bonds. The van der Waals surface area contributed by atoms with Gasteiger partial charge in [0.25, 0.3) is 5.91 Å². The Morgan fingerprint density at radius 1 is 1.14 bits per heavy atom. The molecule has 2 N–H and O–H groups in total. The first kappa shape index (κ1) is 24.9. The van der Waals surface area contributed by atoms with Gasteiger partial charge >= 0.3 is 0 Å². The van der Waals surface area contributed by atoms with Crippen LogP contribution < -0.4 is 10.7 Å². The Morgan fingerprint density at radius 2 is 1.91 bits per heavy atom. The van der Waals surface area contributed by atoms with Gasteiger partial charge in [-0.3, -0.25) is 14.3 Å². The van der Waals surface area contributed by atoms with Crippen LogP contribution in [0.3, 0.4) is 0 Å². The third-order valence-electron chi connectivity index (χ3n) is 5.09. The number of nitrogens with zero attached hydrogens (tertiary/aromatic N) is 5. The molecule has 0 aliphatic heterocycles. The molecular formula is C25H24IN7OS. The Bertz CT molecular complexity index is 1310. The molecule has 0 radical (unpaired) electrons. The van der Waals surface area contributed by atoms with E-state index < -0.39 is 5.25 Å². The number of halogens is 1. The quantitative estimate of drug-likeness (QED) is 0.124. The van der Waals surface area contributed by atoms with E-state index in [-0.39, 0.29) is 5.91 Å². The Balaban J connectivity index is 1.49. The maximum atomic E-state index is 12.6. The number of amides is 1. The van der Waals surface area contributed by atoms with Gasteiger partial charge in [-0.1, -0.05) is 30.0 Å². The summed E-state index contributed by atoms with van der Waals surface area (Å²) in [6.07, 6.45) is 4.93. The topological polar surface area (TPSA) is 97.1 Å². The summed E-state index contributed by atoms with van der Waals surface area (Å²) in [6.45, 7) is 4.38. The zero-order valence-electron chi connectivity index (χ0n) is 19.2. The van der Waals surface area contributed by atoms with Crippen LogP contribution in [0.25, 0.3) is 5.69 Å². The van der Waals surface area contributed by atoms with Gasteiger partial charge in [0, 0.05) is 27.3 Å². The molecule has 10 heteroatoms. The van der Waals surface area contributed by atoms with Crippen LogP contribution in [0.2, 0.25) is 0 Å². The summed E-state index contributed by atoms with van der Waals surface area (Å²) in [7, 11) is 0. The van der Waals surface area contributed by atoms with E-state index in [0.717, 1.165) is 28.3 Å². The molecular weight excluding hydrogens is 573 g/mol. The van der Waals surface area contributed by atoms with Gasteiger partial charge in [0.1, 0.15) is 0 Å². The fourth-order valence-electron chi connectivity index (χ4n) is 3.25. The molecule has 1 atom stereocenters. The molecule has 178 valence electrons. The average Bonchev–Trinajstić information content (AvgIpc) is 3.26. The van der Waals surface area contributed by atoms with Gasteiger partial charge in [0.2, 0.25) is 0 Å². The third-order valence-corrected chi connectivity index (χ3v) is 6.80. The molecule has 2 aromatic heterocycles. The second-order valence-corrected chi connectivity index (χ2v) is 10.2. The van der Waals surface area contributed by atoms with Crippen LogP contribution in [0.15, 0.2) is 83.3 Å². The Morgan fingerprint density at radius 3 is 2.66 bits per heavy atom. The fraction of sp³-hybridized carbons (Fsp3) is 0.160. The van der Waals surface area contributed by atoms with E-state index in [1.54, 1.807) is 18.6 Å². The first-order valence-corrected chi connectivity index (χ1v) is 12.9. The minimum atomic E-state index is -0.435. The molecule has 0 aliphatic rings. The van der Waals surface area contributed by atoms with Crippen molar-refractivity contribution < 1.29 is 4.79 Å². The normalized spacial score (nSPS) is 12.0. The van der Waals surface area contributed by atoms with Crippen LogP contribution in [0.5, 0.6) is 0 Å². The first-order chi connectivity index (χ1) is 17.0. The zero-order valence-corrected chi connectivity index (χ0v) is 22.2. The number of anilines is 1. The number of carbonyl (C=O) groups excluding carboxylic acids is 1. The number of hydrogen-bond donors (Lipinski definition) is 2. The molecule has 35 heavy (non-hydrogen) atoms. The lowest BCUT2D eigenvalue weighted by Crippen LogP contribution is -2.27. The second-order valence-electron chi connectivity index (χ2n) is 7.66. The van der Waals surface area contributed by atoms with Crippen molar-refractivity contribution in [3.63, 3.8) is 0 Å². The summed E-state index contributed by atoms with van der Waals surface area (Å²) in [6, 6.07) is 19.8. The third kappa shape index (κ3) is 6.67. The first-order valence-electron chi connectivity index (χ1n) is 10.9. The number of rotatable bonds is 9. The molecule has 4 aromatic rings. The zero-order chi connectivity index (χ0) is 24.6. The van der Waals surface area contributed by atoms with Gasteiger partial charge in [0.05, 0.1) is 18.0 Å². The van der Waals surface area contributed by atoms with E-state index in [1.165, 1.54) is 15.3 Å². The Labute approximate surface area is 221 Å². The highest BCUT2D eigenvalue weighted by Gasteiger charge is 2.21. The molecule has 0 saturated carbocycles. The van der Waals surface area contributed by atoms with Crippen molar-refractivity contribution in [1.29, 1.82) is 0 Å². The van der Waals surface area contributed by atoms with E-state index in [2.05, 4.69) is 78.7 Å². The number of para-hydroxylation sites is 1. The maximum Gasteiger partial charge on any atom is 0.253 e. The number of thioether (sulfide) groups is 1. The van der Waals surface area contributed by atoms with Gasteiger partial charge in [-0.2, -0.15) is 5.10 Å². The predicted octanol–water partition coefficient (Wildman–Crippen LogP) is 4.82. The van der Waals surface area contributed by atoms with Crippen LogP contribution in [0.1, 0.15) is 23.9 Å². The summed E-state index contributed by atoms with van der Waals surface area (Å²) in [5.74, 6) is 0.525. The fourth-order valence-corrected chi connectivity index (χ4v) is 4.78. The monoisotopic (exact) mass is 597 g/mol. The van der Waals surface area contributed by atoms with Crippen molar-refractivity contribution in [2.75, 3.05) is 5.32 Å². The number of aromatic nitrogens is 4. The van der Waals surface area contributed by atoms with E-state index in [4.69, 9.17) is 0 Å².